The average Bonchev–Trinajstić information content (AvgIpc) is 2.70. The van der Waals surface area contributed by atoms with Crippen molar-refractivity contribution in [3.63, 3.8) is 0 Å². The predicted octanol–water partition coefficient (Wildman–Crippen LogP) is 4.21. The number of piperidine rings is 1. The Morgan fingerprint density at radius 2 is 1.97 bits per heavy atom. The number of benzene rings is 1. The van der Waals surface area contributed by atoms with Gasteiger partial charge in [-0.2, -0.15) is 13.2 Å². The molecule has 0 radical (unpaired) electrons. The van der Waals surface area contributed by atoms with Gasteiger partial charge in [0.25, 0.3) is 0 Å². The Morgan fingerprint density at radius 3 is 2.62 bits per heavy atom. The van der Waals surface area contributed by atoms with Gasteiger partial charge in [-0.15, -0.1) is 10.2 Å². The first-order chi connectivity index (χ1) is 15.2. The first-order valence-corrected chi connectivity index (χ1v) is 11.1. The zero-order chi connectivity index (χ0) is 22.9. The summed E-state index contributed by atoms with van der Waals surface area (Å²) in [5, 5.41) is 31.4. The molecule has 1 atom stereocenters. The standard InChI is InChI=1S/C23H29F3N4O2/c1-14-9-21(27-17-3-2-7-30(13-17)8-6-15-10-18(31)11-15)28-29-22(14)19-5-4-16(12-20(19)32)23(24,25)26/h4-5,9,12,15,17-18,31-32H,2-3,6-8,10-11,13H2,1H3,(H,27,28)/t15?,17-,18?/m1/s1. The molecule has 1 aromatic heterocycles. The van der Waals surface area contributed by atoms with Crippen molar-refractivity contribution in [2.24, 2.45) is 5.92 Å². The van der Waals surface area contributed by atoms with E-state index in [-0.39, 0.29) is 17.7 Å². The highest BCUT2D eigenvalue weighted by Crippen LogP contribution is 2.37. The fraction of sp³-hybridized carbons (Fsp3) is 0.565. The van der Waals surface area contributed by atoms with E-state index < -0.39 is 17.5 Å². The first kappa shape index (κ1) is 22.8. The molecule has 2 heterocycles. The Morgan fingerprint density at radius 1 is 1.19 bits per heavy atom. The van der Waals surface area contributed by atoms with Crippen LogP contribution in [0.5, 0.6) is 5.75 Å². The summed E-state index contributed by atoms with van der Waals surface area (Å²) < 4.78 is 38.5. The fourth-order valence-electron chi connectivity index (χ4n) is 4.62. The van der Waals surface area contributed by atoms with E-state index in [1.165, 1.54) is 6.07 Å². The summed E-state index contributed by atoms with van der Waals surface area (Å²) in [5.74, 6) is 0.785. The van der Waals surface area contributed by atoms with Gasteiger partial charge in [-0.25, -0.2) is 0 Å². The van der Waals surface area contributed by atoms with Gasteiger partial charge in [0.2, 0.25) is 0 Å². The van der Waals surface area contributed by atoms with E-state index in [9.17, 15) is 23.4 Å². The van der Waals surface area contributed by atoms with Crippen LogP contribution >= 0.6 is 0 Å². The SMILES string of the molecule is Cc1cc(N[C@@H]2CCCN(CCC3CC(O)C3)C2)nnc1-c1ccc(C(F)(F)F)cc1O. The highest BCUT2D eigenvalue weighted by Gasteiger charge is 2.31. The molecule has 0 amide bonds. The molecule has 0 bridgehead atoms. The number of nitrogens with one attached hydrogen (secondary N) is 1. The van der Waals surface area contributed by atoms with Gasteiger partial charge in [-0.05, 0) is 87.9 Å². The number of aliphatic hydroxyl groups is 1. The van der Waals surface area contributed by atoms with Crippen molar-refractivity contribution in [2.45, 2.75) is 57.3 Å². The lowest BCUT2D eigenvalue weighted by molar-refractivity contribution is -0.137. The summed E-state index contributed by atoms with van der Waals surface area (Å²) in [6.45, 7) is 4.82. The Hall–Kier alpha value is -2.39. The lowest BCUT2D eigenvalue weighted by atomic mass is 9.80. The molecule has 1 aromatic carbocycles. The first-order valence-electron chi connectivity index (χ1n) is 11.1. The Balaban J connectivity index is 1.38. The van der Waals surface area contributed by atoms with Gasteiger partial charge in [-0.3, -0.25) is 0 Å². The van der Waals surface area contributed by atoms with E-state index in [0.717, 1.165) is 57.8 Å². The number of halogens is 3. The fourth-order valence-corrected chi connectivity index (χ4v) is 4.62. The summed E-state index contributed by atoms with van der Waals surface area (Å²) >= 11 is 0. The molecule has 2 aliphatic rings. The van der Waals surface area contributed by atoms with Crippen molar-refractivity contribution in [1.29, 1.82) is 0 Å². The molecule has 6 nitrogen and oxygen atoms in total. The third kappa shape index (κ3) is 5.32. The normalized spacial score (nSPS) is 24.2. The molecule has 1 aliphatic heterocycles. The lowest BCUT2D eigenvalue weighted by Crippen LogP contribution is -2.43. The van der Waals surface area contributed by atoms with Gasteiger partial charge in [0.15, 0.2) is 0 Å². The topological polar surface area (TPSA) is 81.5 Å². The summed E-state index contributed by atoms with van der Waals surface area (Å²) in [5.41, 5.74) is 0.390. The van der Waals surface area contributed by atoms with Crippen LogP contribution in [0.2, 0.25) is 0 Å². The smallest absolute Gasteiger partial charge is 0.416 e. The molecular formula is C23H29F3N4O2. The number of anilines is 1. The van der Waals surface area contributed by atoms with Crippen LogP contribution < -0.4 is 5.32 Å². The molecule has 1 aliphatic carbocycles. The number of likely N-dealkylation sites (tertiary alicyclic amines) is 1. The van der Waals surface area contributed by atoms with Gasteiger partial charge in [0, 0.05) is 18.2 Å². The molecule has 9 heteroatoms. The number of aryl methyl sites for hydroxylation is 1. The van der Waals surface area contributed by atoms with Crippen molar-refractivity contribution < 1.29 is 23.4 Å². The third-order valence-electron chi connectivity index (χ3n) is 6.49. The predicted molar refractivity (Wildman–Crippen MR) is 115 cm³/mol. The number of nitrogens with zero attached hydrogens (tertiary/aromatic N) is 3. The maximum absolute atomic E-state index is 12.8. The minimum absolute atomic E-state index is 0.106. The molecule has 174 valence electrons. The molecule has 1 saturated carbocycles. The minimum Gasteiger partial charge on any atom is -0.507 e. The average molecular weight is 451 g/mol. The Kier molecular flexibility index (Phi) is 6.57. The number of hydrogen-bond acceptors (Lipinski definition) is 6. The zero-order valence-corrected chi connectivity index (χ0v) is 18.1. The number of phenols is 1. The van der Waals surface area contributed by atoms with Gasteiger partial charge < -0.3 is 20.4 Å². The third-order valence-corrected chi connectivity index (χ3v) is 6.49. The van der Waals surface area contributed by atoms with Crippen LogP contribution in [0, 0.1) is 12.8 Å². The molecular weight excluding hydrogens is 421 g/mol. The summed E-state index contributed by atoms with van der Waals surface area (Å²) in [6, 6.07) is 4.93. The number of aromatic hydroxyl groups is 1. The largest absolute Gasteiger partial charge is 0.507 e. The van der Waals surface area contributed by atoms with Crippen LogP contribution in [0.25, 0.3) is 11.3 Å². The van der Waals surface area contributed by atoms with Gasteiger partial charge in [0.1, 0.15) is 11.6 Å². The second kappa shape index (κ2) is 9.23. The van der Waals surface area contributed by atoms with Crippen molar-refractivity contribution in [3.05, 3.63) is 35.4 Å². The molecule has 4 rings (SSSR count). The van der Waals surface area contributed by atoms with E-state index in [0.29, 0.717) is 29.1 Å². The maximum Gasteiger partial charge on any atom is 0.416 e. The van der Waals surface area contributed by atoms with Crippen LogP contribution in [0.1, 0.15) is 43.2 Å². The van der Waals surface area contributed by atoms with E-state index in [2.05, 4.69) is 20.4 Å². The summed E-state index contributed by atoms with van der Waals surface area (Å²) in [4.78, 5) is 2.45. The number of aliphatic hydroxyl groups excluding tert-OH is 1. The van der Waals surface area contributed by atoms with Gasteiger partial charge >= 0.3 is 6.18 Å². The number of hydrogen-bond donors (Lipinski definition) is 3. The maximum atomic E-state index is 12.8. The van der Waals surface area contributed by atoms with Crippen LogP contribution in [-0.2, 0) is 6.18 Å². The van der Waals surface area contributed by atoms with Gasteiger partial charge in [0.05, 0.1) is 17.4 Å². The van der Waals surface area contributed by atoms with Crippen molar-refractivity contribution in [1.82, 2.24) is 15.1 Å². The highest BCUT2D eigenvalue weighted by atomic mass is 19.4. The van der Waals surface area contributed by atoms with Crippen molar-refractivity contribution in [2.75, 3.05) is 25.0 Å². The molecule has 2 aromatic rings. The second-order valence-corrected chi connectivity index (χ2v) is 9.05. The van der Waals surface area contributed by atoms with E-state index in [4.69, 9.17) is 0 Å². The molecule has 32 heavy (non-hydrogen) atoms. The van der Waals surface area contributed by atoms with Crippen LogP contribution in [0.4, 0.5) is 19.0 Å². The molecule has 0 spiro atoms. The Labute approximate surface area is 185 Å². The lowest BCUT2D eigenvalue weighted by Gasteiger charge is -2.36. The van der Waals surface area contributed by atoms with E-state index in [1.807, 2.05) is 6.07 Å². The number of rotatable bonds is 6. The molecule has 1 saturated heterocycles. The van der Waals surface area contributed by atoms with E-state index >= 15 is 0 Å². The summed E-state index contributed by atoms with van der Waals surface area (Å²) in [7, 11) is 0. The number of phenolic OH excluding ortho intramolecular Hbond substituents is 1. The van der Waals surface area contributed by atoms with Crippen LogP contribution in [0.3, 0.4) is 0 Å². The van der Waals surface area contributed by atoms with Crippen molar-refractivity contribution in [3.8, 4) is 17.0 Å². The molecule has 2 fully saturated rings. The van der Waals surface area contributed by atoms with Crippen LogP contribution in [0.15, 0.2) is 24.3 Å². The number of aromatic nitrogens is 2. The van der Waals surface area contributed by atoms with E-state index in [1.54, 1.807) is 6.92 Å². The minimum atomic E-state index is -4.52. The zero-order valence-electron chi connectivity index (χ0n) is 18.1. The highest BCUT2D eigenvalue weighted by molar-refractivity contribution is 5.70. The van der Waals surface area contributed by atoms with Crippen molar-refractivity contribution >= 4 is 5.82 Å². The van der Waals surface area contributed by atoms with Crippen LogP contribution in [-0.4, -0.2) is 57.1 Å². The van der Waals surface area contributed by atoms with Gasteiger partial charge in [-0.1, -0.05) is 0 Å². The summed E-state index contributed by atoms with van der Waals surface area (Å²) in [6.07, 6.45) is 0.461. The Bertz CT molecular complexity index is 947. The molecule has 3 N–H and O–H groups in total. The quantitative estimate of drug-likeness (QED) is 0.612. The monoisotopic (exact) mass is 450 g/mol. The number of alkyl halides is 3. The molecule has 0 unspecified atom stereocenters. The second-order valence-electron chi connectivity index (χ2n) is 9.05.